The highest BCUT2D eigenvalue weighted by atomic mass is 35.7. The first kappa shape index (κ1) is 15.3. The largest absolute Gasteiger partial charge is 0.346 e. The first-order valence-electron chi connectivity index (χ1n) is 6.51. The number of halogens is 1. The number of carbonyl (C=O) groups is 1. The van der Waals surface area contributed by atoms with E-state index in [0.717, 1.165) is 12.8 Å². The molecule has 1 amide bonds. The van der Waals surface area contributed by atoms with Crippen LogP contribution in [-0.4, -0.2) is 30.1 Å². The number of amides is 1. The summed E-state index contributed by atoms with van der Waals surface area (Å²) in [7, 11) is 1.45. The lowest BCUT2D eigenvalue weighted by Crippen LogP contribution is -2.43. The molecule has 2 N–H and O–H groups in total. The van der Waals surface area contributed by atoms with Gasteiger partial charge in [0.2, 0.25) is 0 Å². The predicted molar refractivity (Wildman–Crippen MR) is 75.4 cm³/mol. The number of aromatic amines is 1. The minimum absolute atomic E-state index is 0.103. The molecular formula is C12H18ClN3O3S. The van der Waals surface area contributed by atoms with Crippen molar-refractivity contribution in [3.63, 3.8) is 0 Å². The zero-order valence-electron chi connectivity index (χ0n) is 11.7. The summed E-state index contributed by atoms with van der Waals surface area (Å²) in [5.41, 5.74) is -0.147. The van der Waals surface area contributed by atoms with Gasteiger partial charge in [0.25, 0.3) is 15.0 Å². The van der Waals surface area contributed by atoms with Gasteiger partial charge in [0.15, 0.2) is 5.69 Å². The molecule has 6 nitrogen and oxygen atoms in total. The fraction of sp³-hybridized carbons (Fsp3) is 0.667. The van der Waals surface area contributed by atoms with Crippen molar-refractivity contribution in [2.24, 2.45) is 0 Å². The molecule has 0 atom stereocenters. The van der Waals surface area contributed by atoms with E-state index in [9.17, 15) is 13.2 Å². The standard InChI is InChI=1S/C12H18ClN3O3S/c1-4-12(2,3)14-11(17)9-10(20(13,18)19)8(15-16-9)7-5-6-7/h7H,4-6H2,1-3H3,(H,14,17)(H,15,16). The van der Waals surface area contributed by atoms with Gasteiger partial charge in [-0.25, -0.2) is 8.42 Å². The highest BCUT2D eigenvalue weighted by molar-refractivity contribution is 8.13. The van der Waals surface area contributed by atoms with Crippen LogP contribution >= 0.6 is 10.7 Å². The molecule has 1 aromatic rings. The van der Waals surface area contributed by atoms with Crippen LogP contribution in [0.15, 0.2) is 4.90 Å². The van der Waals surface area contributed by atoms with Gasteiger partial charge < -0.3 is 5.32 Å². The van der Waals surface area contributed by atoms with Gasteiger partial charge in [-0.15, -0.1) is 0 Å². The molecule has 1 aliphatic carbocycles. The third kappa shape index (κ3) is 3.15. The van der Waals surface area contributed by atoms with E-state index in [1.165, 1.54) is 0 Å². The van der Waals surface area contributed by atoms with Crippen LogP contribution in [0.2, 0.25) is 0 Å². The number of nitrogens with one attached hydrogen (secondary N) is 2. The Bertz CT molecular complexity index is 632. The van der Waals surface area contributed by atoms with Gasteiger partial charge in [-0.1, -0.05) is 6.92 Å². The van der Waals surface area contributed by atoms with Gasteiger partial charge >= 0.3 is 0 Å². The summed E-state index contributed by atoms with van der Waals surface area (Å²) in [4.78, 5) is 12.1. The second-order valence-electron chi connectivity index (χ2n) is 5.72. The monoisotopic (exact) mass is 319 g/mol. The Balaban J connectivity index is 2.40. The fourth-order valence-corrected chi connectivity index (χ4v) is 3.16. The molecule has 20 heavy (non-hydrogen) atoms. The quantitative estimate of drug-likeness (QED) is 0.813. The molecule has 0 aliphatic heterocycles. The van der Waals surface area contributed by atoms with Crippen molar-refractivity contribution in [1.82, 2.24) is 15.5 Å². The zero-order chi connectivity index (χ0) is 15.1. The maximum Gasteiger partial charge on any atom is 0.273 e. The number of rotatable bonds is 5. The van der Waals surface area contributed by atoms with Crippen molar-refractivity contribution in [3.05, 3.63) is 11.4 Å². The van der Waals surface area contributed by atoms with Gasteiger partial charge in [0.1, 0.15) is 4.90 Å². The van der Waals surface area contributed by atoms with E-state index in [2.05, 4.69) is 15.5 Å². The Hall–Kier alpha value is -1.08. The van der Waals surface area contributed by atoms with Crippen molar-refractivity contribution >= 4 is 25.6 Å². The Morgan fingerprint density at radius 3 is 2.55 bits per heavy atom. The van der Waals surface area contributed by atoms with E-state index < -0.39 is 20.5 Å². The molecule has 112 valence electrons. The normalized spacial score (nSPS) is 16.2. The van der Waals surface area contributed by atoms with E-state index >= 15 is 0 Å². The van der Waals surface area contributed by atoms with Gasteiger partial charge in [-0.3, -0.25) is 9.89 Å². The third-order valence-electron chi connectivity index (χ3n) is 3.53. The second kappa shape index (κ2) is 5.04. The molecule has 1 aliphatic rings. The molecular weight excluding hydrogens is 302 g/mol. The molecule has 0 bridgehead atoms. The maximum absolute atomic E-state index is 12.2. The topological polar surface area (TPSA) is 91.9 Å². The minimum Gasteiger partial charge on any atom is -0.346 e. The smallest absolute Gasteiger partial charge is 0.273 e. The van der Waals surface area contributed by atoms with E-state index in [1.54, 1.807) is 0 Å². The summed E-state index contributed by atoms with van der Waals surface area (Å²) in [5, 5.41) is 9.28. The van der Waals surface area contributed by atoms with Crippen molar-refractivity contribution < 1.29 is 13.2 Å². The Labute approximate surface area is 122 Å². The van der Waals surface area contributed by atoms with Crippen LogP contribution in [0, 0.1) is 0 Å². The van der Waals surface area contributed by atoms with Crippen LogP contribution in [0.25, 0.3) is 0 Å². The fourth-order valence-electron chi connectivity index (χ4n) is 1.85. The lowest BCUT2D eigenvalue weighted by molar-refractivity contribution is 0.0902. The number of nitrogens with zero attached hydrogens (tertiary/aromatic N) is 1. The average Bonchev–Trinajstić information content (AvgIpc) is 3.05. The van der Waals surface area contributed by atoms with Crippen molar-refractivity contribution in [3.8, 4) is 0 Å². The van der Waals surface area contributed by atoms with Crippen molar-refractivity contribution in [2.75, 3.05) is 0 Å². The summed E-state index contributed by atoms with van der Waals surface area (Å²) < 4.78 is 23.5. The SMILES string of the molecule is CCC(C)(C)NC(=O)c1n[nH]c(C2CC2)c1S(=O)(=O)Cl. The van der Waals surface area contributed by atoms with Crippen LogP contribution in [0.5, 0.6) is 0 Å². The van der Waals surface area contributed by atoms with Gasteiger partial charge in [0, 0.05) is 22.1 Å². The molecule has 2 rings (SSSR count). The van der Waals surface area contributed by atoms with Crippen LogP contribution < -0.4 is 5.32 Å². The number of hydrogen-bond donors (Lipinski definition) is 2. The summed E-state index contributed by atoms with van der Waals surface area (Å²) in [5.74, 6) is -0.425. The van der Waals surface area contributed by atoms with Gasteiger partial charge in [0.05, 0.1) is 5.69 Å². The van der Waals surface area contributed by atoms with Crippen LogP contribution in [0.3, 0.4) is 0 Å². The highest BCUT2D eigenvalue weighted by Crippen LogP contribution is 2.43. The molecule has 1 heterocycles. The second-order valence-corrected chi connectivity index (χ2v) is 8.22. The third-order valence-corrected chi connectivity index (χ3v) is 4.89. The van der Waals surface area contributed by atoms with Crippen molar-refractivity contribution in [2.45, 2.75) is 56.4 Å². The molecule has 1 aromatic heterocycles. The Kier molecular flexibility index (Phi) is 3.85. The Morgan fingerprint density at radius 1 is 1.50 bits per heavy atom. The summed E-state index contributed by atoms with van der Waals surface area (Å²) in [6.45, 7) is 5.64. The summed E-state index contributed by atoms with van der Waals surface area (Å²) in [6.07, 6.45) is 2.47. The molecule has 1 saturated carbocycles. The minimum atomic E-state index is -4.02. The predicted octanol–water partition coefficient (Wildman–Crippen LogP) is 2.13. The number of aromatic nitrogens is 2. The van der Waals surface area contributed by atoms with Crippen LogP contribution in [0.1, 0.15) is 62.1 Å². The van der Waals surface area contributed by atoms with E-state index in [0.29, 0.717) is 12.1 Å². The van der Waals surface area contributed by atoms with Crippen LogP contribution in [-0.2, 0) is 9.05 Å². The first-order chi connectivity index (χ1) is 9.15. The van der Waals surface area contributed by atoms with E-state index in [1.807, 2.05) is 20.8 Å². The summed E-state index contributed by atoms with van der Waals surface area (Å²) >= 11 is 0. The molecule has 0 saturated heterocycles. The lowest BCUT2D eigenvalue weighted by Gasteiger charge is -2.23. The average molecular weight is 320 g/mol. The zero-order valence-corrected chi connectivity index (χ0v) is 13.2. The van der Waals surface area contributed by atoms with Crippen molar-refractivity contribution in [1.29, 1.82) is 0 Å². The molecule has 0 aromatic carbocycles. The van der Waals surface area contributed by atoms with Crippen LogP contribution in [0.4, 0.5) is 0 Å². The highest BCUT2D eigenvalue weighted by Gasteiger charge is 2.37. The molecule has 8 heteroatoms. The molecule has 0 radical (unpaired) electrons. The number of hydrogen-bond acceptors (Lipinski definition) is 4. The van der Waals surface area contributed by atoms with Gasteiger partial charge in [-0.2, -0.15) is 5.10 Å². The molecule has 0 unspecified atom stereocenters. The van der Waals surface area contributed by atoms with Gasteiger partial charge in [-0.05, 0) is 33.1 Å². The molecule has 0 spiro atoms. The number of H-pyrrole nitrogens is 1. The maximum atomic E-state index is 12.2. The lowest BCUT2D eigenvalue weighted by atomic mass is 10.0. The van der Waals surface area contributed by atoms with E-state index in [-0.39, 0.29) is 16.5 Å². The Morgan fingerprint density at radius 2 is 2.10 bits per heavy atom. The van der Waals surface area contributed by atoms with E-state index in [4.69, 9.17) is 10.7 Å². The summed E-state index contributed by atoms with van der Waals surface area (Å²) in [6, 6.07) is 0. The first-order valence-corrected chi connectivity index (χ1v) is 8.82. The number of carbonyl (C=O) groups excluding carboxylic acids is 1. The molecule has 1 fully saturated rings.